The number of anilines is 1. The summed E-state index contributed by atoms with van der Waals surface area (Å²) in [5, 5.41) is 10.3. The number of aliphatic hydroxyl groups is 1. The summed E-state index contributed by atoms with van der Waals surface area (Å²) in [6.45, 7) is 1.98. The van der Waals surface area contributed by atoms with Crippen molar-refractivity contribution < 1.29 is 5.11 Å². The predicted molar refractivity (Wildman–Crippen MR) is 64.9 cm³/mol. The minimum absolute atomic E-state index is 0.361. The number of aromatic nitrogens is 1. The molecule has 1 aliphatic carbocycles. The van der Waals surface area contributed by atoms with Crippen molar-refractivity contribution in [3.8, 4) is 0 Å². The Labute approximate surface area is 96.7 Å². The van der Waals surface area contributed by atoms with Crippen molar-refractivity contribution in [2.45, 2.75) is 45.1 Å². The topological polar surface area (TPSA) is 59.1 Å². The van der Waals surface area contributed by atoms with Crippen molar-refractivity contribution in [1.29, 1.82) is 0 Å². The van der Waals surface area contributed by atoms with Gasteiger partial charge in [0.25, 0.3) is 0 Å². The number of nitrogens with two attached hydrogens (primary N) is 1. The summed E-state index contributed by atoms with van der Waals surface area (Å²) in [5.74, 6) is 0.836. The minimum atomic E-state index is -0.437. The van der Waals surface area contributed by atoms with Gasteiger partial charge >= 0.3 is 0 Å². The predicted octanol–water partition coefficient (Wildman–Crippen LogP) is 2.59. The second-order valence-electron chi connectivity index (χ2n) is 4.83. The maximum absolute atomic E-state index is 10.3. The van der Waals surface area contributed by atoms with Crippen molar-refractivity contribution in [3.05, 3.63) is 23.4 Å². The molecule has 1 aliphatic rings. The molecular formula is C13H20N2O. The Morgan fingerprint density at radius 1 is 1.38 bits per heavy atom. The van der Waals surface area contributed by atoms with Crippen molar-refractivity contribution >= 4 is 5.82 Å². The van der Waals surface area contributed by atoms with Gasteiger partial charge in [0.05, 0.1) is 6.10 Å². The summed E-state index contributed by atoms with van der Waals surface area (Å²) in [4.78, 5) is 4.11. The van der Waals surface area contributed by atoms with E-state index >= 15 is 0 Å². The van der Waals surface area contributed by atoms with E-state index in [-0.39, 0.29) is 0 Å². The van der Waals surface area contributed by atoms with Gasteiger partial charge in [0.2, 0.25) is 0 Å². The molecule has 0 radical (unpaired) electrons. The highest BCUT2D eigenvalue weighted by Gasteiger charge is 2.24. The highest BCUT2D eigenvalue weighted by Crippen LogP contribution is 2.35. The van der Waals surface area contributed by atoms with E-state index in [1.807, 2.05) is 13.0 Å². The SMILES string of the molecule is Cc1cnc(N)c(C(O)C2CCCCC2)c1. The van der Waals surface area contributed by atoms with Crippen molar-refractivity contribution in [2.24, 2.45) is 5.92 Å². The van der Waals surface area contributed by atoms with Gasteiger partial charge in [-0.25, -0.2) is 4.98 Å². The third-order valence-corrected chi connectivity index (χ3v) is 3.50. The molecule has 2 rings (SSSR count). The molecule has 3 nitrogen and oxygen atoms in total. The molecular weight excluding hydrogens is 200 g/mol. The van der Waals surface area contributed by atoms with Crippen LogP contribution in [0.25, 0.3) is 0 Å². The van der Waals surface area contributed by atoms with Crippen LogP contribution >= 0.6 is 0 Å². The highest BCUT2D eigenvalue weighted by atomic mass is 16.3. The average molecular weight is 220 g/mol. The van der Waals surface area contributed by atoms with Crippen LogP contribution in [0.4, 0.5) is 5.82 Å². The summed E-state index contributed by atoms with van der Waals surface area (Å²) in [6, 6.07) is 1.96. The maximum atomic E-state index is 10.3. The van der Waals surface area contributed by atoms with Crippen molar-refractivity contribution in [3.63, 3.8) is 0 Å². The van der Waals surface area contributed by atoms with Crippen LogP contribution in [-0.2, 0) is 0 Å². The van der Waals surface area contributed by atoms with Crippen molar-refractivity contribution in [1.82, 2.24) is 4.98 Å². The van der Waals surface area contributed by atoms with Gasteiger partial charge in [-0.3, -0.25) is 0 Å². The first-order valence-corrected chi connectivity index (χ1v) is 6.08. The lowest BCUT2D eigenvalue weighted by molar-refractivity contribution is 0.0852. The summed E-state index contributed by atoms with van der Waals surface area (Å²) in [6.07, 6.45) is 7.26. The van der Waals surface area contributed by atoms with Crippen LogP contribution in [0.1, 0.15) is 49.3 Å². The maximum Gasteiger partial charge on any atom is 0.129 e. The van der Waals surface area contributed by atoms with E-state index in [2.05, 4.69) is 4.98 Å². The molecule has 0 bridgehead atoms. The molecule has 0 aliphatic heterocycles. The first-order valence-electron chi connectivity index (χ1n) is 6.08. The van der Waals surface area contributed by atoms with E-state index in [0.717, 1.165) is 24.0 Å². The number of rotatable bonds is 2. The fourth-order valence-corrected chi connectivity index (χ4v) is 2.54. The third-order valence-electron chi connectivity index (χ3n) is 3.50. The molecule has 3 N–H and O–H groups in total. The first kappa shape index (κ1) is 11.4. The van der Waals surface area contributed by atoms with E-state index in [0.29, 0.717) is 11.7 Å². The van der Waals surface area contributed by atoms with Gasteiger partial charge in [-0.05, 0) is 37.3 Å². The van der Waals surface area contributed by atoms with E-state index in [4.69, 9.17) is 5.73 Å². The fourth-order valence-electron chi connectivity index (χ4n) is 2.54. The van der Waals surface area contributed by atoms with Crippen LogP contribution < -0.4 is 5.73 Å². The van der Waals surface area contributed by atoms with E-state index in [1.54, 1.807) is 6.20 Å². The number of aliphatic hydroxyl groups excluding tert-OH is 1. The quantitative estimate of drug-likeness (QED) is 0.805. The van der Waals surface area contributed by atoms with Crippen molar-refractivity contribution in [2.75, 3.05) is 5.73 Å². The zero-order valence-electron chi connectivity index (χ0n) is 9.82. The summed E-state index contributed by atoms with van der Waals surface area (Å²) < 4.78 is 0. The van der Waals surface area contributed by atoms with Gasteiger partial charge in [-0.15, -0.1) is 0 Å². The van der Waals surface area contributed by atoms with E-state index in [9.17, 15) is 5.11 Å². The molecule has 1 saturated carbocycles. The monoisotopic (exact) mass is 220 g/mol. The molecule has 1 aromatic heterocycles. The fraction of sp³-hybridized carbons (Fsp3) is 0.615. The number of aryl methyl sites for hydroxylation is 1. The Bertz CT molecular complexity index is 359. The second kappa shape index (κ2) is 4.83. The normalized spacial score (nSPS) is 19.6. The molecule has 0 saturated heterocycles. The molecule has 0 spiro atoms. The molecule has 16 heavy (non-hydrogen) atoms. The van der Waals surface area contributed by atoms with Crippen LogP contribution in [0.15, 0.2) is 12.3 Å². The Hall–Kier alpha value is -1.09. The molecule has 3 heteroatoms. The second-order valence-corrected chi connectivity index (χ2v) is 4.83. The van der Waals surface area contributed by atoms with Crippen LogP contribution in [0.5, 0.6) is 0 Å². The number of pyridine rings is 1. The molecule has 1 unspecified atom stereocenters. The Morgan fingerprint density at radius 2 is 2.06 bits per heavy atom. The molecule has 1 heterocycles. The van der Waals surface area contributed by atoms with E-state index in [1.165, 1.54) is 19.3 Å². The Kier molecular flexibility index (Phi) is 3.44. The standard InChI is InChI=1S/C13H20N2O/c1-9-7-11(13(14)15-8-9)12(16)10-5-3-2-4-6-10/h7-8,10,12,16H,2-6H2,1H3,(H2,14,15). The van der Waals surface area contributed by atoms with Crippen LogP contribution in [0.3, 0.4) is 0 Å². The lowest BCUT2D eigenvalue weighted by Crippen LogP contribution is -2.17. The largest absolute Gasteiger partial charge is 0.388 e. The van der Waals surface area contributed by atoms with Gasteiger partial charge < -0.3 is 10.8 Å². The number of hydrogen-bond donors (Lipinski definition) is 2. The number of nitrogen functional groups attached to an aromatic ring is 1. The van der Waals surface area contributed by atoms with Gasteiger partial charge in [0.15, 0.2) is 0 Å². The van der Waals surface area contributed by atoms with Crippen LogP contribution in [-0.4, -0.2) is 10.1 Å². The Morgan fingerprint density at radius 3 is 2.75 bits per heavy atom. The number of nitrogens with zero attached hydrogens (tertiary/aromatic N) is 1. The zero-order valence-corrected chi connectivity index (χ0v) is 9.82. The van der Waals surface area contributed by atoms with Gasteiger partial charge in [-0.1, -0.05) is 19.3 Å². The van der Waals surface area contributed by atoms with E-state index < -0.39 is 6.10 Å². The highest BCUT2D eigenvalue weighted by molar-refractivity contribution is 5.42. The summed E-state index contributed by atoms with van der Waals surface area (Å²) in [5.41, 5.74) is 7.69. The first-order chi connectivity index (χ1) is 7.68. The minimum Gasteiger partial charge on any atom is -0.388 e. The molecule has 1 aromatic rings. The molecule has 1 fully saturated rings. The molecule has 1 atom stereocenters. The van der Waals surface area contributed by atoms with Crippen LogP contribution in [0, 0.1) is 12.8 Å². The Balaban J connectivity index is 2.18. The lowest BCUT2D eigenvalue weighted by atomic mass is 9.82. The van der Waals surface area contributed by atoms with Crippen LogP contribution in [0.2, 0.25) is 0 Å². The average Bonchev–Trinajstić information content (AvgIpc) is 2.32. The molecule has 0 amide bonds. The lowest BCUT2D eigenvalue weighted by Gasteiger charge is -2.27. The summed E-state index contributed by atoms with van der Waals surface area (Å²) in [7, 11) is 0. The molecule has 0 aromatic carbocycles. The van der Waals surface area contributed by atoms with Gasteiger partial charge in [-0.2, -0.15) is 0 Å². The van der Waals surface area contributed by atoms with Gasteiger partial charge in [0, 0.05) is 11.8 Å². The summed E-state index contributed by atoms with van der Waals surface area (Å²) >= 11 is 0. The van der Waals surface area contributed by atoms with Gasteiger partial charge in [0.1, 0.15) is 5.82 Å². The number of hydrogen-bond acceptors (Lipinski definition) is 3. The smallest absolute Gasteiger partial charge is 0.129 e. The molecule has 88 valence electrons. The third kappa shape index (κ3) is 2.35. The zero-order chi connectivity index (χ0) is 11.5.